The van der Waals surface area contributed by atoms with Gasteiger partial charge in [0.1, 0.15) is 6.04 Å². The van der Waals surface area contributed by atoms with Gasteiger partial charge in [-0.05, 0) is 18.3 Å². The van der Waals surface area contributed by atoms with Crippen LogP contribution in [-0.2, 0) is 4.79 Å². The summed E-state index contributed by atoms with van der Waals surface area (Å²) in [6.07, 6.45) is 0. The van der Waals surface area contributed by atoms with Crippen molar-refractivity contribution in [3.8, 4) is 6.07 Å². The van der Waals surface area contributed by atoms with Crippen molar-refractivity contribution < 1.29 is 4.79 Å². The molecule has 0 spiro atoms. The van der Waals surface area contributed by atoms with Gasteiger partial charge in [-0.25, -0.2) is 0 Å². The van der Waals surface area contributed by atoms with E-state index in [0.29, 0.717) is 18.5 Å². The summed E-state index contributed by atoms with van der Waals surface area (Å²) in [5, 5.41) is 12.6. The largest absolute Gasteiger partial charge is 0.339 e. The van der Waals surface area contributed by atoms with Crippen LogP contribution in [0.1, 0.15) is 41.5 Å². The Morgan fingerprint density at radius 3 is 2.14 bits per heavy atom. The van der Waals surface area contributed by atoms with Crippen molar-refractivity contribution in [3.05, 3.63) is 0 Å². The van der Waals surface area contributed by atoms with E-state index in [1.54, 1.807) is 0 Å². The Bertz CT molecular complexity index is 400. The number of hydrogen-bond acceptors (Lipinski definition) is 4. The molecule has 0 radical (unpaired) electrons. The van der Waals surface area contributed by atoms with Crippen molar-refractivity contribution >= 4 is 5.91 Å². The van der Waals surface area contributed by atoms with E-state index in [9.17, 15) is 10.1 Å². The average Bonchev–Trinajstić information content (AvgIpc) is 2.44. The Hall–Kier alpha value is -1.12. The van der Waals surface area contributed by atoms with E-state index < -0.39 is 0 Å². The molecule has 0 unspecified atom stereocenters. The summed E-state index contributed by atoms with van der Waals surface area (Å²) in [4.78, 5) is 16.4. The third-order valence-corrected chi connectivity index (χ3v) is 4.68. The van der Waals surface area contributed by atoms with Gasteiger partial charge in [-0.1, -0.05) is 34.6 Å². The van der Waals surface area contributed by atoms with Gasteiger partial charge >= 0.3 is 0 Å². The van der Waals surface area contributed by atoms with E-state index in [1.165, 1.54) is 0 Å². The van der Waals surface area contributed by atoms with Crippen molar-refractivity contribution in [2.24, 2.45) is 11.3 Å². The number of nitriles is 1. The van der Waals surface area contributed by atoms with Gasteiger partial charge in [0.25, 0.3) is 0 Å². The molecule has 5 nitrogen and oxygen atoms in total. The molecule has 0 aromatic heterocycles. The van der Waals surface area contributed by atoms with Crippen LogP contribution in [0.2, 0.25) is 0 Å². The van der Waals surface area contributed by atoms with Gasteiger partial charge in [0.15, 0.2) is 0 Å². The molecule has 126 valence electrons. The third kappa shape index (κ3) is 5.26. The molecule has 0 saturated carbocycles. The van der Waals surface area contributed by atoms with Gasteiger partial charge < -0.3 is 10.2 Å². The van der Waals surface area contributed by atoms with E-state index in [2.05, 4.69) is 57.8 Å². The number of amides is 1. The topological polar surface area (TPSA) is 59.4 Å². The number of hydrogen-bond donors (Lipinski definition) is 1. The highest BCUT2D eigenvalue weighted by Crippen LogP contribution is 2.18. The molecule has 0 aromatic rings. The summed E-state index contributed by atoms with van der Waals surface area (Å²) in [5.74, 6) is 0.482. The molecule has 2 atom stereocenters. The standard InChI is InChI=1S/C17H32N4O/c1-13(2)15(11-18)20-7-9-21(10-8-20)16(22)12-19-14(3)17(4,5)6/h13-15,19H,7-10,12H2,1-6H3/t14-,15-/m0/s1. The Morgan fingerprint density at radius 2 is 1.73 bits per heavy atom. The smallest absolute Gasteiger partial charge is 0.236 e. The Labute approximate surface area is 135 Å². The molecule has 1 amide bonds. The first-order valence-corrected chi connectivity index (χ1v) is 8.31. The zero-order valence-corrected chi connectivity index (χ0v) is 15.0. The summed E-state index contributed by atoms with van der Waals surface area (Å²) in [5.41, 5.74) is 0.149. The fourth-order valence-electron chi connectivity index (χ4n) is 2.56. The summed E-state index contributed by atoms with van der Waals surface area (Å²) in [7, 11) is 0. The maximum Gasteiger partial charge on any atom is 0.236 e. The summed E-state index contributed by atoms with van der Waals surface area (Å²) >= 11 is 0. The SMILES string of the molecule is CC(C)[C@H](C#N)N1CCN(C(=O)CN[C@@H](C)C(C)(C)C)CC1. The molecule has 1 N–H and O–H groups in total. The Morgan fingerprint density at radius 1 is 1.18 bits per heavy atom. The zero-order chi connectivity index (χ0) is 16.9. The quantitative estimate of drug-likeness (QED) is 0.840. The summed E-state index contributed by atoms with van der Waals surface area (Å²) in [6.45, 7) is 16.2. The Kier molecular flexibility index (Phi) is 6.83. The fraction of sp³-hybridized carbons (Fsp3) is 0.882. The second kappa shape index (κ2) is 7.94. The van der Waals surface area contributed by atoms with Crippen LogP contribution in [0.15, 0.2) is 0 Å². The average molecular weight is 308 g/mol. The minimum atomic E-state index is -0.0451. The molecule has 0 bridgehead atoms. The molecule has 1 heterocycles. The molecule has 0 aromatic carbocycles. The number of nitrogens with one attached hydrogen (secondary N) is 1. The monoisotopic (exact) mass is 308 g/mol. The maximum atomic E-state index is 12.3. The van der Waals surface area contributed by atoms with Gasteiger partial charge in [0.2, 0.25) is 5.91 Å². The highest BCUT2D eigenvalue weighted by molar-refractivity contribution is 5.78. The van der Waals surface area contributed by atoms with Gasteiger partial charge in [0.05, 0.1) is 12.6 Å². The van der Waals surface area contributed by atoms with Crippen LogP contribution in [0.4, 0.5) is 0 Å². The lowest BCUT2D eigenvalue weighted by atomic mass is 9.88. The van der Waals surface area contributed by atoms with Crippen molar-refractivity contribution in [1.82, 2.24) is 15.1 Å². The molecule has 1 rings (SSSR count). The van der Waals surface area contributed by atoms with Crippen LogP contribution in [0.3, 0.4) is 0 Å². The maximum absolute atomic E-state index is 12.3. The molecule has 1 aliphatic rings. The second-order valence-electron chi connectivity index (χ2n) is 7.70. The van der Waals surface area contributed by atoms with E-state index in [0.717, 1.165) is 26.2 Å². The van der Waals surface area contributed by atoms with Crippen molar-refractivity contribution in [1.29, 1.82) is 5.26 Å². The third-order valence-electron chi connectivity index (χ3n) is 4.68. The number of rotatable bonds is 5. The van der Waals surface area contributed by atoms with E-state index in [4.69, 9.17) is 0 Å². The van der Waals surface area contributed by atoms with Gasteiger partial charge in [-0.15, -0.1) is 0 Å². The molecule has 1 aliphatic heterocycles. The highest BCUT2D eigenvalue weighted by atomic mass is 16.2. The van der Waals surface area contributed by atoms with Crippen molar-refractivity contribution in [2.75, 3.05) is 32.7 Å². The van der Waals surface area contributed by atoms with E-state index in [-0.39, 0.29) is 17.4 Å². The molecular weight excluding hydrogens is 276 g/mol. The number of carbonyl (C=O) groups is 1. The highest BCUT2D eigenvalue weighted by Gasteiger charge is 2.28. The molecule has 1 saturated heterocycles. The van der Waals surface area contributed by atoms with E-state index >= 15 is 0 Å². The lowest BCUT2D eigenvalue weighted by Gasteiger charge is -2.38. The van der Waals surface area contributed by atoms with Crippen LogP contribution in [0, 0.1) is 22.7 Å². The van der Waals surface area contributed by atoms with Crippen LogP contribution in [0.5, 0.6) is 0 Å². The fourth-order valence-corrected chi connectivity index (χ4v) is 2.56. The molecule has 5 heteroatoms. The van der Waals surface area contributed by atoms with Gasteiger partial charge in [-0.3, -0.25) is 9.69 Å². The van der Waals surface area contributed by atoms with Gasteiger partial charge in [0, 0.05) is 32.2 Å². The molecular formula is C17H32N4O. The minimum Gasteiger partial charge on any atom is -0.339 e. The van der Waals surface area contributed by atoms with Crippen molar-refractivity contribution in [3.63, 3.8) is 0 Å². The number of carbonyl (C=O) groups excluding carboxylic acids is 1. The van der Waals surface area contributed by atoms with Gasteiger partial charge in [-0.2, -0.15) is 5.26 Å². The normalized spacial score (nSPS) is 19.8. The minimum absolute atomic E-state index is 0.0451. The van der Waals surface area contributed by atoms with Crippen LogP contribution in [0.25, 0.3) is 0 Å². The second-order valence-corrected chi connectivity index (χ2v) is 7.70. The molecule has 1 fully saturated rings. The lowest BCUT2D eigenvalue weighted by Crippen LogP contribution is -2.54. The first kappa shape index (κ1) is 18.9. The number of nitrogens with zero attached hydrogens (tertiary/aromatic N) is 3. The van der Waals surface area contributed by atoms with E-state index in [1.807, 2.05) is 4.90 Å². The lowest BCUT2D eigenvalue weighted by molar-refractivity contribution is -0.132. The van der Waals surface area contributed by atoms with Crippen LogP contribution < -0.4 is 5.32 Å². The predicted octanol–water partition coefficient (Wildman–Crippen LogP) is 1.70. The number of piperazine rings is 1. The first-order chi connectivity index (χ1) is 10.2. The molecule has 22 heavy (non-hydrogen) atoms. The Balaban J connectivity index is 2.42. The van der Waals surface area contributed by atoms with Crippen LogP contribution >= 0.6 is 0 Å². The zero-order valence-electron chi connectivity index (χ0n) is 15.0. The van der Waals surface area contributed by atoms with Crippen molar-refractivity contribution in [2.45, 2.75) is 53.6 Å². The predicted molar refractivity (Wildman–Crippen MR) is 89.3 cm³/mol. The summed E-state index contributed by atoms with van der Waals surface area (Å²) < 4.78 is 0. The summed E-state index contributed by atoms with van der Waals surface area (Å²) in [6, 6.07) is 2.63. The van der Waals surface area contributed by atoms with Crippen LogP contribution in [-0.4, -0.2) is 60.5 Å². The molecule has 0 aliphatic carbocycles. The first-order valence-electron chi connectivity index (χ1n) is 8.31.